The van der Waals surface area contributed by atoms with Gasteiger partial charge in [0.25, 0.3) is 5.71 Å². The third kappa shape index (κ3) is 3.47. The lowest BCUT2D eigenvalue weighted by atomic mass is 9.99. The number of nitrogens with zero attached hydrogens (tertiary/aromatic N) is 4. The maximum absolute atomic E-state index is 13.0. The number of nitrogens with one attached hydrogen (secondary N) is 1. The summed E-state index contributed by atoms with van der Waals surface area (Å²) >= 11 is 0. The summed E-state index contributed by atoms with van der Waals surface area (Å²) in [6.07, 6.45) is 6.56. The highest BCUT2D eigenvalue weighted by Gasteiger charge is 2.32. The largest absolute Gasteiger partial charge is 0.372 e. The molecule has 3 aromatic rings. The van der Waals surface area contributed by atoms with E-state index in [9.17, 15) is 8.42 Å². The molecule has 27 heavy (non-hydrogen) atoms. The van der Waals surface area contributed by atoms with Gasteiger partial charge in [-0.05, 0) is 25.3 Å². The molecule has 0 radical (unpaired) electrons. The Bertz CT molecular complexity index is 1060. The van der Waals surface area contributed by atoms with Gasteiger partial charge in [0.2, 0.25) is 10.0 Å². The van der Waals surface area contributed by atoms with Crippen molar-refractivity contribution in [2.24, 2.45) is 7.05 Å². The number of hydrogen-bond acceptors (Lipinski definition) is 7. The maximum Gasteiger partial charge on any atom is 0.258 e. The molecule has 1 aliphatic heterocycles. The highest BCUT2D eigenvalue weighted by Crippen LogP contribution is 2.29. The number of hydrogen-bond donors (Lipinski definition) is 1. The van der Waals surface area contributed by atoms with Crippen LogP contribution in [-0.4, -0.2) is 41.0 Å². The number of sulfonamides is 1. The average Bonchev–Trinajstić information content (AvgIpc) is 3.27. The number of ether oxygens (including phenoxy) is 1. The predicted molar refractivity (Wildman–Crippen MR) is 96.4 cm³/mol. The lowest BCUT2D eigenvalue weighted by Crippen LogP contribution is -2.42. The summed E-state index contributed by atoms with van der Waals surface area (Å²) in [5, 5.41) is 8.70. The Hall–Kier alpha value is -2.30. The summed E-state index contributed by atoms with van der Waals surface area (Å²) in [7, 11) is -1.96. The summed E-state index contributed by atoms with van der Waals surface area (Å²) in [5.74, 6) is 0. The van der Waals surface area contributed by atoms with Crippen molar-refractivity contribution in [3.63, 3.8) is 0 Å². The van der Waals surface area contributed by atoms with Gasteiger partial charge in [-0.3, -0.25) is 4.68 Å². The van der Waals surface area contributed by atoms with Crippen LogP contribution in [0.1, 0.15) is 37.1 Å². The van der Waals surface area contributed by atoms with Gasteiger partial charge in [-0.15, -0.1) is 0 Å². The molecule has 0 aliphatic carbocycles. The summed E-state index contributed by atoms with van der Waals surface area (Å²) < 4.78 is 41.4. The molecule has 2 atom stereocenters. The summed E-state index contributed by atoms with van der Waals surface area (Å²) in [5.41, 5.74) is 1.87. The fourth-order valence-corrected chi connectivity index (χ4v) is 4.59. The van der Waals surface area contributed by atoms with Gasteiger partial charge in [0.15, 0.2) is 0 Å². The molecule has 4 heterocycles. The first-order chi connectivity index (χ1) is 13.0. The summed E-state index contributed by atoms with van der Waals surface area (Å²) in [4.78, 5) is 4.18. The average molecular weight is 391 g/mol. The van der Waals surface area contributed by atoms with Crippen LogP contribution in [0.5, 0.6) is 0 Å². The molecule has 0 bridgehead atoms. The number of pyridine rings is 1. The van der Waals surface area contributed by atoms with E-state index < -0.39 is 10.0 Å². The zero-order chi connectivity index (χ0) is 19.0. The molecule has 0 amide bonds. The van der Waals surface area contributed by atoms with Crippen molar-refractivity contribution >= 4 is 21.1 Å². The molecule has 9 nitrogen and oxygen atoms in total. The summed E-state index contributed by atoms with van der Waals surface area (Å²) in [6.45, 7) is 2.51. The van der Waals surface area contributed by atoms with Crippen LogP contribution in [-0.2, 0) is 28.2 Å². The molecule has 0 unspecified atom stereocenters. The smallest absolute Gasteiger partial charge is 0.258 e. The van der Waals surface area contributed by atoms with Gasteiger partial charge in [0.1, 0.15) is 11.0 Å². The first kappa shape index (κ1) is 18.1. The van der Waals surface area contributed by atoms with E-state index >= 15 is 0 Å². The van der Waals surface area contributed by atoms with Crippen molar-refractivity contribution in [3.8, 4) is 0 Å². The van der Waals surface area contributed by atoms with Gasteiger partial charge in [-0.25, -0.2) is 18.1 Å². The van der Waals surface area contributed by atoms with Crippen molar-refractivity contribution < 1.29 is 17.7 Å². The van der Waals surface area contributed by atoms with Crippen LogP contribution in [0.3, 0.4) is 0 Å². The van der Waals surface area contributed by atoms with Gasteiger partial charge in [-0.1, -0.05) is 12.1 Å². The van der Waals surface area contributed by atoms with Crippen LogP contribution in [0.25, 0.3) is 11.1 Å². The van der Waals surface area contributed by atoms with Crippen molar-refractivity contribution in [1.29, 1.82) is 0 Å². The van der Waals surface area contributed by atoms with E-state index in [1.165, 1.54) is 6.20 Å². The van der Waals surface area contributed by atoms with Crippen LogP contribution in [0.15, 0.2) is 34.1 Å². The lowest BCUT2D eigenvalue weighted by Gasteiger charge is -2.31. The zero-order valence-electron chi connectivity index (χ0n) is 15.1. The SMILES string of the molecule is CCc1noc2ncc(S(=O)(=O)N[C@H]3CCCO[C@@H]3c3cnn(C)c3)cc12. The fraction of sp³-hybridized carbons (Fsp3) is 0.471. The molecule has 1 aliphatic rings. The Morgan fingerprint density at radius 2 is 2.22 bits per heavy atom. The monoisotopic (exact) mass is 391 g/mol. The minimum absolute atomic E-state index is 0.0865. The van der Waals surface area contributed by atoms with E-state index in [4.69, 9.17) is 9.26 Å². The molecule has 1 saturated heterocycles. The number of fused-ring (bicyclic) bond motifs is 1. The molecular weight excluding hydrogens is 370 g/mol. The topological polar surface area (TPSA) is 112 Å². The second-order valence-corrected chi connectivity index (χ2v) is 8.33. The molecule has 0 aromatic carbocycles. The second kappa shape index (κ2) is 7.02. The molecular formula is C17H21N5O4S. The first-order valence-electron chi connectivity index (χ1n) is 8.84. The van der Waals surface area contributed by atoms with Gasteiger partial charge < -0.3 is 9.26 Å². The van der Waals surface area contributed by atoms with Gasteiger partial charge in [0.05, 0.1) is 29.5 Å². The predicted octanol–water partition coefficient (Wildman–Crippen LogP) is 1.72. The van der Waals surface area contributed by atoms with Crippen LogP contribution in [0.4, 0.5) is 0 Å². The minimum atomic E-state index is -3.78. The normalized spacial score (nSPS) is 21.0. The second-order valence-electron chi connectivity index (χ2n) is 6.62. The molecule has 4 rings (SSSR count). The third-order valence-corrected chi connectivity index (χ3v) is 6.16. The molecule has 0 saturated carbocycles. The summed E-state index contributed by atoms with van der Waals surface area (Å²) in [6, 6.07) is 1.18. The van der Waals surface area contributed by atoms with Gasteiger partial charge in [-0.2, -0.15) is 5.10 Å². The Morgan fingerprint density at radius 3 is 2.96 bits per heavy atom. The molecule has 1 N–H and O–H groups in total. The molecule has 1 fully saturated rings. The lowest BCUT2D eigenvalue weighted by molar-refractivity contribution is -0.00446. The Kier molecular flexibility index (Phi) is 4.70. The zero-order valence-corrected chi connectivity index (χ0v) is 15.9. The highest BCUT2D eigenvalue weighted by atomic mass is 32.2. The van der Waals surface area contributed by atoms with E-state index in [2.05, 4.69) is 20.0 Å². The molecule has 3 aromatic heterocycles. The van der Waals surface area contributed by atoms with Crippen molar-refractivity contribution in [3.05, 3.63) is 35.9 Å². The van der Waals surface area contributed by atoms with Gasteiger partial charge >= 0.3 is 0 Å². The number of aryl methyl sites for hydroxylation is 2. The number of aromatic nitrogens is 4. The Labute approximate surface area is 156 Å². The maximum atomic E-state index is 13.0. The van der Waals surface area contributed by atoms with E-state index in [0.29, 0.717) is 36.2 Å². The standard InChI is InChI=1S/C17H21N5O4S/c1-3-14-13-7-12(9-18-17(13)26-20-14)27(23,24)21-15-5-4-6-25-16(15)11-8-19-22(2)10-11/h7-10,15-16,21H,3-6H2,1-2H3/t15-,16+/m0/s1. The van der Waals surface area contributed by atoms with Crippen molar-refractivity contribution in [2.45, 2.75) is 43.2 Å². The molecule has 10 heteroatoms. The van der Waals surface area contributed by atoms with E-state index in [1.807, 2.05) is 20.2 Å². The quantitative estimate of drug-likeness (QED) is 0.704. The number of rotatable bonds is 5. The third-order valence-electron chi connectivity index (χ3n) is 4.71. The first-order valence-corrected chi connectivity index (χ1v) is 10.3. The Balaban J connectivity index is 1.63. The highest BCUT2D eigenvalue weighted by molar-refractivity contribution is 7.89. The van der Waals surface area contributed by atoms with E-state index in [0.717, 1.165) is 12.0 Å². The van der Waals surface area contributed by atoms with Crippen molar-refractivity contribution in [2.75, 3.05) is 6.61 Å². The Morgan fingerprint density at radius 1 is 1.37 bits per heavy atom. The van der Waals surface area contributed by atoms with Crippen LogP contribution < -0.4 is 4.72 Å². The molecule has 144 valence electrons. The van der Waals surface area contributed by atoms with E-state index in [-0.39, 0.29) is 17.0 Å². The van der Waals surface area contributed by atoms with Gasteiger partial charge in [0, 0.05) is 25.4 Å². The fourth-order valence-electron chi connectivity index (χ4n) is 3.35. The van der Waals surface area contributed by atoms with E-state index in [1.54, 1.807) is 16.9 Å². The molecule has 0 spiro atoms. The van der Waals surface area contributed by atoms with Crippen LogP contribution in [0.2, 0.25) is 0 Å². The minimum Gasteiger partial charge on any atom is -0.372 e. The van der Waals surface area contributed by atoms with Crippen LogP contribution >= 0.6 is 0 Å². The van der Waals surface area contributed by atoms with Crippen molar-refractivity contribution in [1.82, 2.24) is 24.6 Å². The van der Waals surface area contributed by atoms with Crippen LogP contribution in [0, 0.1) is 0 Å².